The quantitative estimate of drug-likeness (QED) is 0.567. The van der Waals surface area contributed by atoms with Crippen LogP contribution in [0.15, 0.2) is 41.8 Å². The predicted octanol–water partition coefficient (Wildman–Crippen LogP) is 3.82. The number of benzene rings is 2. The molecule has 1 aliphatic rings. The molecule has 0 fully saturated rings. The summed E-state index contributed by atoms with van der Waals surface area (Å²) < 4.78 is 26.0. The number of anilines is 1. The van der Waals surface area contributed by atoms with Crippen molar-refractivity contribution in [2.75, 3.05) is 12.5 Å². The fourth-order valence-electron chi connectivity index (χ4n) is 2.92. The summed E-state index contributed by atoms with van der Waals surface area (Å²) in [4.78, 5) is 4.63. The lowest BCUT2D eigenvalue weighted by Gasteiger charge is -2.04. The number of hydrogen-bond acceptors (Lipinski definition) is 7. The van der Waals surface area contributed by atoms with Gasteiger partial charge in [0.1, 0.15) is 10.8 Å². The molecule has 2 aromatic heterocycles. The highest BCUT2D eigenvalue weighted by atomic mass is 32.1. The van der Waals surface area contributed by atoms with Gasteiger partial charge in [-0.1, -0.05) is 11.3 Å². The highest BCUT2D eigenvalue weighted by molar-refractivity contribution is 7.13. The third-order valence-electron chi connectivity index (χ3n) is 4.48. The van der Waals surface area contributed by atoms with E-state index in [2.05, 4.69) is 15.3 Å². The van der Waals surface area contributed by atoms with Crippen LogP contribution in [0.4, 0.5) is 10.2 Å². The van der Waals surface area contributed by atoms with Crippen molar-refractivity contribution >= 4 is 17.2 Å². The Bertz CT molecular complexity index is 1200. The Labute approximate surface area is 163 Å². The normalized spacial score (nSPS) is 12.5. The minimum absolute atomic E-state index is 0.223. The van der Waals surface area contributed by atoms with Gasteiger partial charge >= 0.3 is 0 Å². The third kappa shape index (κ3) is 2.67. The molecule has 9 heteroatoms. The minimum Gasteiger partial charge on any atom is -0.454 e. The first-order chi connectivity index (χ1) is 13.6. The lowest BCUT2D eigenvalue weighted by Crippen LogP contribution is -2.03. The monoisotopic (exact) mass is 395 g/mol. The zero-order chi connectivity index (χ0) is 19.3. The van der Waals surface area contributed by atoms with Gasteiger partial charge in [-0.15, -0.1) is 16.4 Å². The first kappa shape index (κ1) is 16.7. The first-order valence-corrected chi connectivity index (χ1v) is 9.32. The summed E-state index contributed by atoms with van der Waals surface area (Å²) in [6.45, 7) is 1.92. The van der Waals surface area contributed by atoms with Crippen molar-refractivity contribution in [3.05, 3.63) is 53.2 Å². The van der Waals surface area contributed by atoms with Crippen molar-refractivity contribution < 1.29 is 13.9 Å². The van der Waals surface area contributed by atoms with Gasteiger partial charge < -0.3 is 15.2 Å². The van der Waals surface area contributed by atoms with E-state index >= 15 is 0 Å². The Morgan fingerprint density at radius 1 is 1.14 bits per heavy atom. The van der Waals surface area contributed by atoms with Crippen LogP contribution >= 0.6 is 11.3 Å². The highest BCUT2D eigenvalue weighted by Gasteiger charge is 2.19. The van der Waals surface area contributed by atoms with Crippen molar-refractivity contribution in [1.29, 1.82) is 0 Å². The second-order valence-electron chi connectivity index (χ2n) is 6.27. The van der Waals surface area contributed by atoms with Gasteiger partial charge in [0.2, 0.25) is 6.79 Å². The summed E-state index contributed by atoms with van der Waals surface area (Å²) in [5.74, 6) is 1.39. The predicted molar refractivity (Wildman–Crippen MR) is 103 cm³/mol. The number of nitrogens with two attached hydrogens (primary N) is 1. The number of nitrogen functional groups attached to an aromatic ring is 1. The summed E-state index contributed by atoms with van der Waals surface area (Å²) in [7, 11) is 0. The lowest BCUT2D eigenvalue weighted by atomic mass is 10.1. The number of thiazole rings is 1. The Kier molecular flexibility index (Phi) is 3.76. The van der Waals surface area contributed by atoms with Crippen LogP contribution in [0.2, 0.25) is 0 Å². The van der Waals surface area contributed by atoms with Gasteiger partial charge in [-0.2, -0.15) is 4.68 Å². The molecule has 0 aliphatic carbocycles. The van der Waals surface area contributed by atoms with E-state index in [0.717, 1.165) is 17.0 Å². The third-order valence-corrected chi connectivity index (χ3v) is 5.33. The molecule has 28 heavy (non-hydrogen) atoms. The number of nitrogens with zero attached hydrogens (tertiary/aromatic N) is 4. The zero-order valence-electron chi connectivity index (χ0n) is 14.7. The van der Waals surface area contributed by atoms with Crippen LogP contribution in [0.25, 0.3) is 27.6 Å². The summed E-state index contributed by atoms with van der Waals surface area (Å²) in [5, 5.41) is 10.8. The van der Waals surface area contributed by atoms with Crippen LogP contribution in [0, 0.1) is 12.7 Å². The first-order valence-electron chi connectivity index (χ1n) is 8.44. The maximum Gasteiger partial charge on any atom is 0.231 e. The van der Waals surface area contributed by atoms with E-state index in [1.54, 1.807) is 19.1 Å². The van der Waals surface area contributed by atoms with Gasteiger partial charge in [-0.3, -0.25) is 0 Å². The molecule has 0 amide bonds. The maximum atomic E-state index is 13.9. The summed E-state index contributed by atoms with van der Waals surface area (Å²) in [6, 6.07) is 10.5. The number of ether oxygens (including phenoxy) is 2. The molecule has 0 unspecified atom stereocenters. The Morgan fingerprint density at radius 3 is 2.86 bits per heavy atom. The molecule has 4 aromatic rings. The molecule has 2 N–H and O–H groups in total. The van der Waals surface area contributed by atoms with Gasteiger partial charge in [0.05, 0.1) is 11.4 Å². The van der Waals surface area contributed by atoms with Crippen LogP contribution in [-0.2, 0) is 0 Å². The molecule has 0 saturated carbocycles. The largest absolute Gasteiger partial charge is 0.454 e. The second-order valence-corrected chi connectivity index (χ2v) is 7.13. The van der Waals surface area contributed by atoms with Gasteiger partial charge in [0.15, 0.2) is 23.0 Å². The molecule has 7 nitrogen and oxygen atoms in total. The van der Waals surface area contributed by atoms with Crippen molar-refractivity contribution in [3.63, 3.8) is 0 Å². The lowest BCUT2D eigenvalue weighted by molar-refractivity contribution is 0.174. The molecule has 140 valence electrons. The average Bonchev–Trinajstić information content (AvgIpc) is 3.42. The van der Waals surface area contributed by atoms with Gasteiger partial charge in [-0.25, -0.2) is 9.37 Å². The molecule has 0 spiro atoms. The fourth-order valence-corrected chi connectivity index (χ4v) is 3.74. The summed E-state index contributed by atoms with van der Waals surface area (Å²) in [5.41, 5.74) is 9.41. The smallest absolute Gasteiger partial charge is 0.231 e. The van der Waals surface area contributed by atoms with Gasteiger partial charge in [-0.05, 0) is 42.8 Å². The van der Waals surface area contributed by atoms with E-state index in [0.29, 0.717) is 33.5 Å². The number of hydrogen-bond donors (Lipinski definition) is 1. The SMILES string of the molecule is Cc1ccc(-n2nnc(-c3nc(-c4ccc5c(c4)OCO5)cs3)c2N)cc1F. The number of aromatic nitrogens is 4. The van der Waals surface area contributed by atoms with Crippen molar-refractivity contribution in [2.24, 2.45) is 0 Å². The van der Waals surface area contributed by atoms with E-state index in [1.165, 1.54) is 22.1 Å². The molecule has 0 atom stereocenters. The molecule has 5 rings (SSSR count). The average molecular weight is 395 g/mol. The van der Waals surface area contributed by atoms with Crippen LogP contribution in [0.1, 0.15) is 5.56 Å². The van der Waals surface area contributed by atoms with E-state index < -0.39 is 0 Å². The number of rotatable bonds is 3. The summed E-state index contributed by atoms with van der Waals surface area (Å²) in [6.07, 6.45) is 0. The van der Waals surface area contributed by atoms with E-state index in [9.17, 15) is 4.39 Å². The van der Waals surface area contributed by atoms with Crippen molar-refractivity contribution in [1.82, 2.24) is 20.0 Å². The van der Waals surface area contributed by atoms with Crippen molar-refractivity contribution in [3.8, 4) is 39.1 Å². The standard InChI is InChI=1S/C19H14FN5O2S/c1-10-2-4-12(7-13(10)20)25-18(21)17(23-24-25)19-22-14(8-28-19)11-3-5-15-16(6-11)27-9-26-15/h2-8H,9,21H2,1H3. The molecular formula is C19H14FN5O2S. The van der Waals surface area contributed by atoms with Gasteiger partial charge in [0.25, 0.3) is 0 Å². The Hall–Kier alpha value is -3.46. The molecule has 0 bridgehead atoms. The molecular weight excluding hydrogens is 381 g/mol. The van der Waals surface area contributed by atoms with Gasteiger partial charge in [0, 0.05) is 10.9 Å². The molecule has 1 aliphatic heterocycles. The van der Waals surface area contributed by atoms with Crippen molar-refractivity contribution in [2.45, 2.75) is 6.92 Å². The Balaban J connectivity index is 1.49. The van der Waals surface area contributed by atoms with Crippen LogP contribution in [0.5, 0.6) is 11.5 Å². The van der Waals surface area contributed by atoms with Crippen LogP contribution in [-0.4, -0.2) is 26.8 Å². The minimum atomic E-state index is -0.326. The topological polar surface area (TPSA) is 88.1 Å². The number of halogens is 1. The Morgan fingerprint density at radius 2 is 2.00 bits per heavy atom. The number of aryl methyl sites for hydroxylation is 1. The second kappa shape index (κ2) is 6.31. The highest BCUT2D eigenvalue weighted by Crippen LogP contribution is 2.37. The molecule has 0 radical (unpaired) electrons. The van der Waals surface area contributed by atoms with Crippen LogP contribution in [0.3, 0.4) is 0 Å². The van der Waals surface area contributed by atoms with Crippen LogP contribution < -0.4 is 15.2 Å². The number of fused-ring (bicyclic) bond motifs is 1. The molecule has 3 heterocycles. The fraction of sp³-hybridized carbons (Fsp3) is 0.105. The maximum absolute atomic E-state index is 13.9. The van der Waals surface area contributed by atoms with E-state index in [1.807, 2.05) is 23.6 Å². The van der Waals surface area contributed by atoms with E-state index in [-0.39, 0.29) is 12.6 Å². The molecule has 2 aromatic carbocycles. The molecule has 0 saturated heterocycles. The van der Waals surface area contributed by atoms with E-state index in [4.69, 9.17) is 15.2 Å². The zero-order valence-corrected chi connectivity index (χ0v) is 15.5. The summed E-state index contributed by atoms with van der Waals surface area (Å²) >= 11 is 1.41.